The Balaban J connectivity index is 2.58. The molecule has 1 N–H and O–H groups in total. The van der Waals surface area contributed by atoms with Gasteiger partial charge >= 0.3 is 0 Å². The second-order valence-corrected chi connectivity index (χ2v) is 5.83. The molecule has 0 bridgehead atoms. The van der Waals surface area contributed by atoms with Crippen molar-refractivity contribution in [3.05, 3.63) is 68.7 Å². The molecule has 2 aromatic rings. The minimum absolute atomic E-state index is 0.553. The molecule has 1 unspecified atom stereocenters. The second kappa shape index (κ2) is 5.04. The minimum atomic E-state index is -1.09. The van der Waals surface area contributed by atoms with Gasteiger partial charge in [-0.15, -0.1) is 0 Å². The summed E-state index contributed by atoms with van der Waals surface area (Å²) >= 11 is 9.59. The van der Waals surface area contributed by atoms with E-state index in [4.69, 9.17) is 11.6 Å². The molecule has 0 heterocycles. The predicted molar refractivity (Wildman–Crippen MR) is 79.0 cm³/mol. The van der Waals surface area contributed by atoms with Gasteiger partial charge in [0.1, 0.15) is 5.60 Å². The lowest BCUT2D eigenvalue weighted by atomic mass is 9.85. The zero-order valence-electron chi connectivity index (χ0n) is 10.2. The van der Waals surface area contributed by atoms with Gasteiger partial charge in [0.2, 0.25) is 0 Å². The van der Waals surface area contributed by atoms with E-state index in [1.54, 1.807) is 13.0 Å². The third kappa shape index (κ3) is 2.46. The van der Waals surface area contributed by atoms with Crippen LogP contribution in [0.25, 0.3) is 0 Å². The normalized spacial score (nSPS) is 14.3. The van der Waals surface area contributed by atoms with E-state index < -0.39 is 5.60 Å². The van der Waals surface area contributed by atoms with Crippen molar-refractivity contribution in [1.29, 1.82) is 0 Å². The molecule has 0 aliphatic carbocycles. The van der Waals surface area contributed by atoms with Crippen molar-refractivity contribution in [2.45, 2.75) is 19.4 Å². The van der Waals surface area contributed by atoms with Gasteiger partial charge < -0.3 is 5.11 Å². The topological polar surface area (TPSA) is 20.2 Å². The fraction of sp³-hybridized carbons (Fsp3) is 0.200. The molecule has 0 fully saturated rings. The molecule has 2 rings (SSSR count). The fourth-order valence-corrected chi connectivity index (χ4v) is 3.01. The van der Waals surface area contributed by atoms with E-state index >= 15 is 0 Å². The number of aliphatic hydroxyl groups is 1. The fourth-order valence-electron chi connectivity index (χ4n) is 2.15. The minimum Gasteiger partial charge on any atom is -0.381 e. The van der Waals surface area contributed by atoms with E-state index in [9.17, 15) is 5.11 Å². The summed E-state index contributed by atoms with van der Waals surface area (Å²) in [4.78, 5) is 0. The molecule has 2 aromatic carbocycles. The molecular weight excluding hydrogens is 312 g/mol. The summed E-state index contributed by atoms with van der Waals surface area (Å²) in [7, 11) is 0. The van der Waals surface area contributed by atoms with E-state index in [1.165, 1.54) is 0 Å². The van der Waals surface area contributed by atoms with Crippen molar-refractivity contribution in [2.75, 3.05) is 0 Å². The van der Waals surface area contributed by atoms with Crippen LogP contribution >= 0.6 is 27.5 Å². The first-order valence-electron chi connectivity index (χ1n) is 5.67. The van der Waals surface area contributed by atoms with E-state index in [2.05, 4.69) is 15.9 Å². The van der Waals surface area contributed by atoms with Gasteiger partial charge in [-0.25, -0.2) is 0 Å². The summed E-state index contributed by atoms with van der Waals surface area (Å²) in [5, 5.41) is 11.4. The third-order valence-corrected chi connectivity index (χ3v) is 3.93. The van der Waals surface area contributed by atoms with Crippen LogP contribution in [0.3, 0.4) is 0 Å². The number of benzene rings is 2. The van der Waals surface area contributed by atoms with Crippen LogP contribution in [0.5, 0.6) is 0 Å². The zero-order valence-corrected chi connectivity index (χ0v) is 12.6. The number of rotatable bonds is 2. The van der Waals surface area contributed by atoms with Crippen LogP contribution in [0.15, 0.2) is 46.9 Å². The van der Waals surface area contributed by atoms with Crippen LogP contribution in [0, 0.1) is 6.92 Å². The highest BCUT2D eigenvalue weighted by Crippen LogP contribution is 2.36. The van der Waals surface area contributed by atoms with Crippen LogP contribution in [0.1, 0.15) is 23.6 Å². The first-order valence-corrected chi connectivity index (χ1v) is 6.84. The molecule has 0 saturated heterocycles. The van der Waals surface area contributed by atoms with Crippen LogP contribution in [0.4, 0.5) is 0 Å². The molecule has 3 heteroatoms. The molecule has 0 radical (unpaired) electrons. The average Bonchev–Trinajstić information content (AvgIpc) is 2.28. The van der Waals surface area contributed by atoms with Crippen molar-refractivity contribution in [2.24, 2.45) is 0 Å². The molecular formula is C15H14BrClO. The molecule has 0 aliphatic heterocycles. The molecule has 0 amide bonds. The van der Waals surface area contributed by atoms with Crippen LogP contribution in [-0.2, 0) is 5.60 Å². The number of hydrogen-bond donors (Lipinski definition) is 1. The third-order valence-electron chi connectivity index (χ3n) is 3.13. The first-order chi connectivity index (χ1) is 8.43. The molecule has 0 aromatic heterocycles. The summed E-state index contributed by atoms with van der Waals surface area (Å²) < 4.78 is 0.900. The lowest BCUT2D eigenvalue weighted by Gasteiger charge is -2.27. The number of aryl methyl sites for hydroxylation is 1. The molecule has 0 aliphatic rings. The highest BCUT2D eigenvalue weighted by molar-refractivity contribution is 9.10. The predicted octanol–water partition coefficient (Wildman–Crippen LogP) is 4.67. The molecule has 1 nitrogen and oxygen atoms in total. The summed E-state index contributed by atoms with van der Waals surface area (Å²) in [6.45, 7) is 3.75. The maximum Gasteiger partial charge on any atom is 0.113 e. The van der Waals surface area contributed by atoms with Gasteiger partial charge in [-0.2, -0.15) is 0 Å². The van der Waals surface area contributed by atoms with Gasteiger partial charge in [0.05, 0.1) is 0 Å². The van der Waals surface area contributed by atoms with Crippen LogP contribution in [0.2, 0.25) is 5.02 Å². The van der Waals surface area contributed by atoms with Crippen LogP contribution < -0.4 is 0 Å². The Morgan fingerprint density at radius 2 is 1.78 bits per heavy atom. The molecule has 1 atom stereocenters. The SMILES string of the molecule is Cc1ccccc1C(C)(O)c1ccc(Br)cc1Cl. The van der Waals surface area contributed by atoms with Crippen molar-refractivity contribution in [3.8, 4) is 0 Å². The smallest absolute Gasteiger partial charge is 0.113 e. The van der Waals surface area contributed by atoms with Gasteiger partial charge in [-0.3, -0.25) is 0 Å². The maximum absolute atomic E-state index is 10.8. The Bertz CT molecular complexity index is 578. The Kier molecular flexibility index (Phi) is 3.81. The molecule has 18 heavy (non-hydrogen) atoms. The highest BCUT2D eigenvalue weighted by atomic mass is 79.9. The zero-order chi connectivity index (χ0) is 13.3. The summed E-state index contributed by atoms with van der Waals surface area (Å²) in [6.07, 6.45) is 0. The van der Waals surface area contributed by atoms with Gasteiger partial charge in [0, 0.05) is 15.1 Å². The molecule has 0 saturated carbocycles. The van der Waals surface area contributed by atoms with Gasteiger partial charge in [0.15, 0.2) is 0 Å². The monoisotopic (exact) mass is 324 g/mol. The van der Waals surface area contributed by atoms with Gasteiger partial charge in [0.25, 0.3) is 0 Å². The average molecular weight is 326 g/mol. The van der Waals surface area contributed by atoms with Crippen molar-refractivity contribution < 1.29 is 5.11 Å². The Morgan fingerprint density at radius 3 is 2.39 bits per heavy atom. The van der Waals surface area contributed by atoms with E-state index in [1.807, 2.05) is 43.3 Å². The van der Waals surface area contributed by atoms with Crippen molar-refractivity contribution >= 4 is 27.5 Å². The maximum atomic E-state index is 10.8. The summed E-state index contributed by atoms with van der Waals surface area (Å²) in [5.41, 5.74) is 1.53. The Labute approximate surface area is 121 Å². The van der Waals surface area contributed by atoms with Gasteiger partial charge in [-0.1, -0.05) is 57.9 Å². The second-order valence-electron chi connectivity index (χ2n) is 4.51. The van der Waals surface area contributed by atoms with E-state index in [-0.39, 0.29) is 0 Å². The van der Waals surface area contributed by atoms with Crippen molar-refractivity contribution in [1.82, 2.24) is 0 Å². The standard InChI is InChI=1S/C15H14BrClO/c1-10-5-3-4-6-12(10)15(2,18)13-8-7-11(16)9-14(13)17/h3-9,18H,1-2H3. The van der Waals surface area contributed by atoms with Crippen LogP contribution in [-0.4, -0.2) is 5.11 Å². The summed E-state index contributed by atoms with van der Waals surface area (Å²) in [6, 6.07) is 13.3. The largest absolute Gasteiger partial charge is 0.381 e. The quantitative estimate of drug-likeness (QED) is 0.851. The Morgan fingerprint density at radius 1 is 1.11 bits per heavy atom. The number of halogens is 2. The van der Waals surface area contributed by atoms with Gasteiger partial charge in [-0.05, 0) is 37.1 Å². The lowest BCUT2D eigenvalue weighted by Crippen LogP contribution is -2.24. The van der Waals surface area contributed by atoms with E-state index in [0.717, 1.165) is 15.6 Å². The Hall–Kier alpha value is -0.830. The summed E-state index contributed by atoms with van der Waals surface area (Å²) in [5.74, 6) is 0. The molecule has 94 valence electrons. The lowest BCUT2D eigenvalue weighted by molar-refractivity contribution is 0.102. The molecule has 0 spiro atoms. The highest BCUT2D eigenvalue weighted by Gasteiger charge is 2.29. The van der Waals surface area contributed by atoms with Crippen molar-refractivity contribution in [3.63, 3.8) is 0 Å². The number of hydrogen-bond acceptors (Lipinski definition) is 1. The van der Waals surface area contributed by atoms with E-state index in [0.29, 0.717) is 10.6 Å². The first kappa shape index (κ1) is 13.6.